The molecule has 0 unspecified atom stereocenters. The Morgan fingerprint density at radius 2 is 1.96 bits per heavy atom. The number of rotatable bonds is 3. The van der Waals surface area contributed by atoms with Crippen molar-refractivity contribution < 1.29 is 9.59 Å². The lowest BCUT2D eigenvalue weighted by Gasteiger charge is -2.07. The van der Waals surface area contributed by atoms with E-state index in [2.05, 4.69) is 20.9 Å². The minimum atomic E-state index is -0.458. The molecule has 0 spiro atoms. The quantitative estimate of drug-likeness (QED) is 0.637. The molecule has 0 aliphatic rings. The third-order valence-corrected chi connectivity index (χ3v) is 3.67. The number of nitrogens with zero attached hydrogens (tertiary/aromatic N) is 2. The Morgan fingerprint density at radius 1 is 1.17 bits per heavy atom. The monoisotopic (exact) mass is 343 g/mol. The fraction of sp³-hybridized carbons (Fsp3) is 0.0625. The molecule has 2 amide bonds. The maximum absolute atomic E-state index is 12.2. The van der Waals surface area contributed by atoms with E-state index in [-0.39, 0.29) is 0 Å². The molecule has 0 saturated carbocycles. The Labute approximate surface area is 142 Å². The summed E-state index contributed by atoms with van der Waals surface area (Å²) in [6.45, 7) is 1.76. The van der Waals surface area contributed by atoms with E-state index in [1.165, 1.54) is 6.20 Å². The topological polar surface area (TPSA) is 91.8 Å². The van der Waals surface area contributed by atoms with Crippen molar-refractivity contribution in [3.8, 4) is 5.69 Å². The highest BCUT2D eigenvalue weighted by Gasteiger charge is 2.16. The van der Waals surface area contributed by atoms with Crippen molar-refractivity contribution in [2.24, 2.45) is 0 Å². The van der Waals surface area contributed by atoms with Crippen molar-refractivity contribution >= 4 is 23.4 Å². The number of benzene rings is 1. The normalized spacial score (nSPS) is 10.4. The summed E-state index contributed by atoms with van der Waals surface area (Å²) in [6, 6.07) is 10.4. The van der Waals surface area contributed by atoms with Gasteiger partial charge in [0.05, 0.1) is 23.1 Å². The number of aromatic nitrogens is 3. The van der Waals surface area contributed by atoms with Gasteiger partial charge in [0.15, 0.2) is 0 Å². The fourth-order valence-corrected chi connectivity index (χ4v) is 2.41. The molecule has 0 radical (unpaired) electrons. The highest BCUT2D eigenvalue weighted by molar-refractivity contribution is 6.30. The second-order valence-corrected chi connectivity index (χ2v) is 5.46. The van der Waals surface area contributed by atoms with E-state index in [1.807, 2.05) is 6.07 Å². The minimum absolute atomic E-state index is 0.349. The molecular weight excluding hydrogens is 330 g/mol. The van der Waals surface area contributed by atoms with Gasteiger partial charge in [-0.25, -0.2) is 4.68 Å². The number of hydrazine groups is 1. The molecule has 0 aliphatic carbocycles. The van der Waals surface area contributed by atoms with Crippen molar-refractivity contribution in [2.75, 3.05) is 0 Å². The van der Waals surface area contributed by atoms with Crippen LogP contribution in [0, 0.1) is 6.92 Å². The smallest absolute Gasteiger partial charge is 0.286 e. The first-order valence-electron chi connectivity index (χ1n) is 7.11. The lowest BCUT2D eigenvalue weighted by atomic mass is 10.2. The number of carbonyl (C=O) groups is 2. The molecule has 0 aliphatic heterocycles. The first-order valence-corrected chi connectivity index (χ1v) is 7.48. The Morgan fingerprint density at radius 3 is 2.67 bits per heavy atom. The van der Waals surface area contributed by atoms with Gasteiger partial charge in [-0.3, -0.25) is 20.4 Å². The third kappa shape index (κ3) is 3.16. The maximum Gasteiger partial charge on any atom is 0.286 e. The zero-order valence-corrected chi connectivity index (χ0v) is 13.5. The maximum atomic E-state index is 12.2. The van der Waals surface area contributed by atoms with E-state index >= 15 is 0 Å². The lowest BCUT2D eigenvalue weighted by Crippen LogP contribution is -2.41. The van der Waals surface area contributed by atoms with Crippen LogP contribution in [0.15, 0.2) is 48.8 Å². The highest BCUT2D eigenvalue weighted by Crippen LogP contribution is 2.17. The van der Waals surface area contributed by atoms with E-state index < -0.39 is 11.8 Å². The zero-order chi connectivity index (χ0) is 17.1. The van der Waals surface area contributed by atoms with Crippen molar-refractivity contribution in [3.63, 3.8) is 0 Å². The SMILES string of the molecule is Cc1c(C(=O)NNC(=O)c2ccc[nH]2)cnn1-c1cccc(Cl)c1. The molecule has 7 nitrogen and oxygen atoms in total. The summed E-state index contributed by atoms with van der Waals surface area (Å²) >= 11 is 5.98. The van der Waals surface area contributed by atoms with Gasteiger partial charge in [-0.15, -0.1) is 0 Å². The number of aromatic amines is 1. The largest absolute Gasteiger partial charge is 0.357 e. The second kappa shape index (κ2) is 6.59. The Bertz CT molecular complexity index is 886. The number of carbonyl (C=O) groups excluding carboxylic acids is 2. The number of nitrogens with one attached hydrogen (secondary N) is 3. The standard InChI is InChI=1S/C16H14ClN5O2/c1-10-13(9-19-22(10)12-5-2-4-11(17)8-12)15(23)20-21-16(24)14-6-3-7-18-14/h2-9,18H,1H3,(H,20,23)(H,21,24). The van der Waals surface area contributed by atoms with Gasteiger partial charge in [-0.05, 0) is 37.3 Å². The summed E-state index contributed by atoms with van der Waals surface area (Å²) in [6.07, 6.45) is 3.06. The number of amides is 2. The van der Waals surface area contributed by atoms with Gasteiger partial charge in [0.1, 0.15) is 5.69 Å². The summed E-state index contributed by atoms with van der Waals surface area (Å²) in [5.74, 6) is -0.895. The summed E-state index contributed by atoms with van der Waals surface area (Å²) < 4.78 is 1.60. The zero-order valence-electron chi connectivity index (χ0n) is 12.7. The van der Waals surface area contributed by atoms with E-state index in [9.17, 15) is 9.59 Å². The summed E-state index contributed by atoms with van der Waals surface area (Å²) in [5.41, 5.74) is 6.78. The molecule has 24 heavy (non-hydrogen) atoms. The predicted molar refractivity (Wildman–Crippen MR) is 89.0 cm³/mol. The van der Waals surface area contributed by atoms with Crippen LogP contribution in [-0.4, -0.2) is 26.6 Å². The van der Waals surface area contributed by atoms with Crippen LogP contribution in [0.3, 0.4) is 0 Å². The van der Waals surface area contributed by atoms with Crippen molar-refractivity contribution in [1.29, 1.82) is 0 Å². The first kappa shape index (κ1) is 15.8. The molecule has 3 N–H and O–H groups in total. The van der Waals surface area contributed by atoms with Crippen LogP contribution in [0.1, 0.15) is 26.5 Å². The molecule has 0 saturated heterocycles. The average Bonchev–Trinajstić information content (AvgIpc) is 3.22. The van der Waals surface area contributed by atoms with Gasteiger partial charge in [0.2, 0.25) is 0 Å². The highest BCUT2D eigenvalue weighted by atomic mass is 35.5. The van der Waals surface area contributed by atoms with Crippen LogP contribution in [-0.2, 0) is 0 Å². The molecule has 0 bridgehead atoms. The fourth-order valence-electron chi connectivity index (χ4n) is 2.22. The van der Waals surface area contributed by atoms with E-state index in [0.717, 1.165) is 5.69 Å². The van der Waals surface area contributed by atoms with E-state index in [0.29, 0.717) is 22.0 Å². The second-order valence-electron chi connectivity index (χ2n) is 5.03. The van der Waals surface area contributed by atoms with Gasteiger partial charge in [-0.2, -0.15) is 5.10 Å². The molecule has 122 valence electrons. The predicted octanol–water partition coefficient (Wildman–Crippen LogP) is 2.24. The Kier molecular flexibility index (Phi) is 4.35. The molecule has 1 aromatic carbocycles. The van der Waals surface area contributed by atoms with Crippen LogP contribution in [0.25, 0.3) is 5.69 Å². The van der Waals surface area contributed by atoms with Crippen molar-refractivity contribution in [3.05, 3.63) is 70.8 Å². The Balaban J connectivity index is 1.73. The van der Waals surface area contributed by atoms with Crippen LogP contribution < -0.4 is 10.9 Å². The molecule has 0 fully saturated rings. The molecule has 3 aromatic rings. The summed E-state index contributed by atoms with van der Waals surface area (Å²) in [5, 5.41) is 4.78. The van der Waals surface area contributed by atoms with Gasteiger partial charge in [0.25, 0.3) is 11.8 Å². The number of halogens is 1. The third-order valence-electron chi connectivity index (χ3n) is 3.44. The summed E-state index contributed by atoms with van der Waals surface area (Å²) in [7, 11) is 0. The van der Waals surface area contributed by atoms with Crippen molar-refractivity contribution in [2.45, 2.75) is 6.92 Å². The van der Waals surface area contributed by atoms with Crippen molar-refractivity contribution in [1.82, 2.24) is 25.6 Å². The van der Waals surface area contributed by atoms with E-state index in [1.54, 1.807) is 48.1 Å². The summed E-state index contributed by atoms with van der Waals surface area (Å²) in [4.78, 5) is 26.8. The van der Waals surface area contributed by atoms with Gasteiger partial charge in [-0.1, -0.05) is 17.7 Å². The first-order chi connectivity index (χ1) is 11.6. The Hall–Kier alpha value is -3.06. The van der Waals surface area contributed by atoms with Crippen LogP contribution in [0.2, 0.25) is 5.02 Å². The molecular formula is C16H14ClN5O2. The van der Waals surface area contributed by atoms with Crippen LogP contribution >= 0.6 is 11.6 Å². The number of hydrogen-bond acceptors (Lipinski definition) is 3. The molecule has 3 rings (SSSR count). The number of hydrogen-bond donors (Lipinski definition) is 3. The minimum Gasteiger partial charge on any atom is -0.357 e. The number of H-pyrrole nitrogens is 1. The van der Waals surface area contributed by atoms with Crippen LogP contribution in [0.4, 0.5) is 0 Å². The molecule has 2 aromatic heterocycles. The molecule has 2 heterocycles. The molecule has 8 heteroatoms. The van der Waals surface area contributed by atoms with Gasteiger partial charge < -0.3 is 4.98 Å². The van der Waals surface area contributed by atoms with Crippen LogP contribution in [0.5, 0.6) is 0 Å². The lowest BCUT2D eigenvalue weighted by molar-refractivity contribution is 0.0844. The average molecular weight is 344 g/mol. The molecule has 0 atom stereocenters. The van der Waals surface area contributed by atoms with E-state index in [4.69, 9.17) is 11.6 Å². The van der Waals surface area contributed by atoms with Gasteiger partial charge >= 0.3 is 0 Å². The van der Waals surface area contributed by atoms with Gasteiger partial charge in [0, 0.05) is 11.2 Å².